The van der Waals surface area contributed by atoms with E-state index in [9.17, 15) is 9.59 Å². The SMILES string of the molecule is CCCCCCC/C=C/C(=O)N(CCS)C(C)=O. The molecule has 0 aliphatic heterocycles. The predicted octanol–water partition coefficient (Wildman–Crippen LogP) is 3.21. The molecule has 0 fully saturated rings. The van der Waals surface area contributed by atoms with Crippen molar-refractivity contribution in [1.82, 2.24) is 4.90 Å². The molecule has 0 unspecified atom stereocenters. The number of carbonyl (C=O) groups excluding carboxylic acids is 2. The smallest absolute Gasteiger partial charge is 0.252 e. The van der Waals surface area contributed by atoms with Crippen molar-refractivity contribution in [3.05, 3.63) is 12.2 Å². The Morgan fingerprint density at radius 2 is 1.83 bits per heavy atom. The lowest BCUT2D eigenvalue weighted by Crippen LogP contribution is -2.35. The second-order valence-electron chi connectivity index (χ2n) is 4.34. The molecule has 0 atom stereocenters. The van der Waals surface area contributed by atoms with E-state index in [0.29, 0.717) is 12.3 Å². The van der Waals surface area contributed by atoms with Crippen molar-refractivity contribution in [2.75, 3.05) is 12.3 Å². The zero-order chi connectivity index (χ0) is 13.8. The number of carbonyl (C=O) groups is 2. The van der Waals surface area contributed by atoms with Gasteiger partial charge in [-0.25, -0.2) is 0 Å². The van der Waals surface area contributed by atoms with Gasteiger partial charge in [-0.15, -0.1) is 0 Å². The molecule has 0 heterocycles. The molecule has 104 valence electrons. The number of hydrogen-bond acceptors (Lipinski definition) is 3. The van der Waals surface area contributed by atoms with Gasteiger partial charge in [-0.3, -0.25) is 14.5 Å². The Morgan fingerprint density at radius 3 is 2.39 bits per heavy atom. The van der Waals surface area contributed by atoms with E-state index >= 15 is 0 Å². The highest BCUT2D eigenvalue weighted by Gasteiger charge is 2.13. The van der Waals surface area contributed by atoms with Gasteiger partial charge in [0, 0.05) is 19.2 Å². The van der Waals surface area contributed by atoms with Crippen LogP contribution in [0.5, 0.6) is 0 Å². The molecule has 0 radical (unpaired) electrons. The average molecular weight is 271 g/mol. The third-order valence-corrected chi connectivity index (χ3v) is 2.90. The number of rotatable bonds is 9. The minimum Gasteiger partial charge on any atom is -0.278 e. The van der Waals surface area contributed by atoms with Gasteiger partial charge in [-0.05, 0) is 18.9 Å². The van der Waals surface area contributed by atoms with Crippen molar-refractivity contribution in [1.29, 1.82) is 0 Å². The Labute approximate surface area is 116 Å². The fraction of sp³-hybridized carbons (Fsp3) is 0.714. The summed E-state index contributed by atoms with van der Waals surface area (Å²) in [5.41, 5.74) is 0. The van der Waals surface area contributed by atoms with E-state index in [1.807, 2.05) is 6.08 Å². The number of thiol groups is 1. The van der Waals surface area contributed by atoms with Crippen LogP contribution < -0.4 is 0 Å². The van der Waals surface area contributed by atoms with E-state index in [2.05, 4.69) is 19.6 Å². The van der Waals surface area contributed by atoms with E-state index in [-0.39, 0.29) is 11.8 Å². The molecule has 0 N–H and O–H groups in total. The molecule has 0 aromatic heterocycles. The van der Waals surface area contributed by atoms with Crippen LogP contribution in [0.25, 0.3) is 0 Å². The summed E-state index contributed by atoms with van der Waals surface area (Å²) < 4.78 is 0. The number of amides is 2. The molecule has 0 aromatic carbocycles. The minimum atomic E-state index is -0.231. The van der Waals surface area contributed by atoms with E-state index in [1.165, 1.54) is 43.6 Å². The summed E-state index contributed by atoms with van der Waals surface area (Å²) in [6.07, 6.45) is 10.4. The molecule has 2 amide bonds. The van der Waals surface area contributed by atoms with Crippen LogP contribution in [0.3, 0.4) is 0 Å². The van der Waals surface area contributed by atoms with Crippen LogP contribution in [0, 0.1) is 0 Å². The van der Waals surface area contributed by atoms with Gasteiger partial charge in [-0.2, -0.15) is 12.6 Å². The monoisotopic (exact) mass is 271 g/mol. The first-order valence-corrected chi connectivity index (χ1v) is 7.36. The largest absolute Gasteiger partial charge is 0.278 e. The van der Waals surface area contributed by atoms with Crippen molar-refractivity contribution < 1.29 is 9.59 Å². The molecule has 0 spiro atoms. The molecule has 0 rings (SSSR count). The molecule has 0 bridgehead atoms. The maximum absolute atomic E-state index is 11.7. The van der Waals surface area contributed by atoms with Gasteiger partial charge in [0.05, 0.1) is 0 Å². The van der Waals surface area contributed by atoms with Gasteiger partial charge in [0.15, 0.2) is 0 Å². The number of hydrogen-bond donors (Lipinski definition) is 1. The van der Waals surface area contributed by atoms with Crippen molar-refractivity contribution in [2.45, 2.75) is 52.4 Å². The fourth-order valence-electron chi connectivity index (χ4n) is 1.66. The highest BCUT2D eigenvalue weighted by atomic mass is 32.1. The van der Waals surface area contributed by atoms with Crippen molar-refractivity contribution in [2.24, 2.45) is 0 Å². The first-order chi connectivity index (χ1) is 8.63. The lowest BCUT2D eigenvalue weighted by atomic mass is 10.1. The van der Waals surface area contributed by atoms with Gasteiger partial charge < -0.3 is 0 Å². The summed E-state index contributed by atoms with van der Waals surface area (Å²) in [4.78, 5) is 24.1. The van der Waals surface area contributed by atoms with Crippen LogP contribution >= 0.6 is 12.6 Å². The van der Waals surface area contributed by atoms with E-state index < -0.39 is 0 Å². The molecule has 0 aliphatic rings. The van der Waals surface area contributed by atoms with Crippen molar-refractivity contribution >= 4 is 24.4 Å². The lowest BCUT2D eigenvalue weighted by molar-refractivity contribution is -0.140. The standard InChI is InChI=1S/C14H25NO2S/c1-3-4-5-6-7-8-9-10-14(17)15(11-12-18)13(2)16/h9-10,18H,3-8,11-12H2,1-2H3/b10-9+. The van der Waals surface area contributed by atoms with Gasteiger partial charge in [0.25, 0.3) is 5.91 Å². The molecule has 0 saturated carbocycles. The first kappa shape index (κ1) is 17.2. The number of allylic oxidation sites excluding steroid dienone is 1. The maximum Gasteiger partial charge on any atom is 0.252 e. The molecule has 18 heavy (non-hydrogen) atoms. The van der Waals surface area contributed by atoms with Gasteiger partial charge >= 0.3 is 0 Å². The normalized spacial score (nSPS) is 10.8. The van der Waals surface area contributed by atoms with E-state index in [0.717, 1.165) is 12.8 Å². The zero-order valence-electron chi connectivity index (χ0n) is 11.5. The van der Waals surface area contributed by atoms with Gasteiger partial charge in [-0.1, -0.05) is 38.7 Å². The van der Waals surface area contributed by atoms with Crippen LogP contribution in [0.1, 0.15) is 52.4 Å². The van der Waals surface area contributed by atoms with Crippen LogP contribution in [0.4, 0.5) is 0 Å². The number of imide groups is 1. The summed E-state index contributed by atoms with van der Waals surface area (Å²) in [5.74, 6) is 0.0441. The van der Waals surface area contributed by atoms with Gasteiger partial charge in [0.1, 0.15) is 0 Å². The van der Waals surface area contributed by atoms with Crippen LogP contribution in [0.15, 0.2) is 12.2 Å². The molecule has 0 aliphatic carbocycles. The summed E-state index contributed by atoms with van der Waals surface area (Å²) in [6.45, 7) is 3.97. The number of nitrogens with zero attached hydrogens (tertiary/aromatic N) is 1. The third kappa shape index (κ3) is 8.34. The summed E-state index contributed by atoms with van der Waals surface area (Å²) in [7, 11) is 0. The predicted molar refractivity (Wildman–Crippen MR) is 78.8 cm³/mol. The highest BCUT2D eigenvalue weighted by molar-refractivity contribution is 7.80. The fourth-order valence-corrected chi connectivity index (χ4v) is 1.86. The van der Waals surface area contributed by atoms with Crippen molar-refractivity contribution in [3.8, 4) is 0 Å². The molecule has 4 heteroatoms. The second kappa shape index (κ2) is 11.3. The number of unbranched alkanes of at least 4 members (excludes halogenated alkanes) is 5. The molecular weight excluding hydrogens is 246 g/mol. The Kier molecular flexibility index (Phi) is 10.8. The van der Waals surface area contributed by atoms with E-state index in [1.54, 1.807) is 0 Å². The zero-order valence-corrected chi connectivity index (χ0v) is 12.4. The molecule has 0 aromatic rings. The van der Waals surface area contributed by atoms with Gasteiger partial charge in [0.2, 0.25) is 5.91 Å². The maximum atomic E-state index is 11.7. The molecular formula is C14H25NO2S. The minimum absolute atomic E-state index is 0.221. The molecule has 3 nitrogen and oxygen atoms in total. The lowest BCUT2D eigenvalue weighted by Gasteiger charge is -2.15. The third-order valence-electron chi connectivity index (χ3n) is 2.70. The average Bonchev–Trinajstić information content (AvgIpc) is 2.34. The Hall–Kier alpha value is -0.770. The van der Waals surface area contributed by atoms with Crippen LogP contribution in [0.2, 0.25) is 0 Å². The van der Waals surface area contributed by atoms with Crippen molar-refractivity contribution in [3.63, 3.8) is 0 Å². The topological polar surface area (TPSA) is 37.4 Å². The Morgan fingerprint density at radius 1 is 1.17 bits per heavy atom. The second-order valence-corrected chi connectivity index (χ2v) is 4.78. The quantitative estimate of drug-likeness (QED) is 0.397. The summed E-state index contributed by atoms with van der Waals surface area (Å²) in [6, 6.07) is 0. The van der Waals surface area contributed by atoms with E-state index in [4.69, 9.17) is 0 Å². The highest BCUT2D eigenvalue weighted by Crippen LogP contribution is 2.05. The summed E-state index contributed by atoms with van der Waals surface area (Å²) in [5, 5.41) is 0. The molecule has 0 saturated heterocycles. The summed E-state index contributed by atoms with van der Waals surface area (Å²) >= 11 is 4.04. The Balaban J connectivity index is 3.87. The first-order valence-electron chi connectivity index (χ1n) is 6.73. The van der Waals surface area contributed by atoms with Crippen LogP contribution in [-0.4, -0.2) is 29.0 Å². The van der Waals surface area contributed by atoms with Crippen LogP contribution in [-0.2, 0) is 9.59 Å². The Bertz CT molecular complexity index is 277.